The number of hydrogen-bond donors (Lipinski definition) is 1. The van der Waals surface area contributed by atoms with Crippen LogP contribution >= 0.6 is 0 Å². The zero-order valence-electron chi connectivity index (χ0n) is 22.0. The number of aryl methyl sites for hydroxylation is 1. The molecule has 40 heavy (non-hydrogen) atoms. The van der Waals surface area contributed by atoms with Gasteiger partial charge in [0.15, 0.2) is 5.65 Å². The van der Waals surface area contributed by atoms with Gasteiger partial charge >= 0.3 is 0 Å². The second-order valence-electron chi connectivity index (χ2n) is 9.59. The zero-order valence-corrected chi connectivity index (χ0v) is 22.8. The summed E-state index contributed by atoms with van der Waals surface area (Å²) in [6.07, 6.45) is 8.29. The van der Waals surface area contributed by atoms with Gasteiger partial charge in [0.1, 0.15) is 22.4 Å². The Morgan fingerprint density at radius 2 is 1.82 bits per heavy atom. The van der Waals surface area contributed by atoms with E-state index in [1.807, 2.05) is 59.8 Å². The van der Waals surface area contributed by atoms with Crippen molar-refractivity contribution in [3.63, 3.8) is 0 Å². The van der Waals surface area contributed by atoms with Gasteiger partial charge in [0.05, 0.1) is 29.0 Å². The van der Waals surface area contributed by atoms with Crippen LogP contribution in [0.5, 0.6) is 0 Å². The Morgan fingerprint density at radius 1 is 1.05 bits per heavy atom. The Bertz CT molecular complexity index is 1630. The van der Waals surface area contributed by atoms with Gasteiger partial charge in [-0.3, -0.25) is 9.78 Å². The molecule has 1 saturated heterocycles. The van der Waals surface area contributed by atoms with Crippen molar-refractivity contribution in [2.24, 2.45) is 0 Å². The van der Waals surface area contributed by atoms with Crippen LogP contribution in [0.15, 0.2) is 79.4 Å². The number of nitrogens with zero attached hydrogens (tertiary/aromatic N) is 7. The van der Waals surface area contributed by atoms with Crippen molar-refractivity contribution in [3.05, 3.63) is 102 Å². The number of aromatic nitrogens is 6. The standard InChI is InChI=1S/C28H28N8O2S.H2O/c1-20-6-8-23(9-7-20)36-26(32-28(37)24-18-31-35-14-4-13-30-27(24)35)17-25(33-36)21-10-15-34(16-11-21)39(38)19-22-5-2-3-12-29-22;/h2-9,12-14,17-18,21H,10-11,15-16,19H2,1H3,(H,32,37);1H2. The Hall–Kier alpha value is -4.26. The third kappa shape index (κ3) is 5.69. The Kier molecular flexibility index (Phi) is 8.10. The fourth-order valence-corrected chi connectivity index (χ4v) is 6.02. The first-order valence-electron chi connectivity index (χ1n) is 12.9. The molecule has 4 aromatic heterocycles. The van der Waals surface area contributed by atoms with Crippen molar-refractivity contribution in [2.45, 2.75) is 31.4 Å². The lowest BCUT2D eigenvalue weighted by molar-refractivity contribution is 0.102. The third-order valence-corrected chi connectivity index (χ3v) is 8.41. The highest BCUT2D eigenvalue weighted by Gasteiger charge is 2.27. The summed E-state index contributed by atoms with van der Waals surface area (Å²) in [5.41, 5.74) is 4.60. The number of carbonyl (C=O) groups is 1. The second kappa shape index (κ2) is 11.9. The molecule has 0 spiro atoms. The zero-order chi connectivity index (χ0) is 26.8. The molecule has 12 heteroatoms. The minimum atomic E-state index is -1.12. The van der Waals surface area contributed by atoms with Gasteiger partial charge < -0.3 is 10.8 Å². The summed E-state index contributed by atoms with van der Waals surface area (Å²) in [5.74, 6) is 0.884. The highest BCUT2D eigenvalue weighted by atomic mass is 32.2. The molecule has 1 fully saturated rings. The number of hydrogen-bond acceptors (Lipinski definition) is 6. The van der Waals surface area contributed by atoms with Crippen molar-refractivity contribution >= 4 is 28.4 Å². The predicted molar refractivity (Wildman–Crippen MR) is 152 cm³/mol. The lowest BCUT2D eigenvalue weighted by atomic mass is 9.95. The van der Waals surface area contributed by atoms with Gasteiger partial charge in [0.2, 0.25) is 0 Å². The topological polar surface area (TPSA) is 142 Å². The molecular weight excluding hydrogens is 528 g/mol. The van der Waals surface area contributed by atoms with Gasteiger partial charge in [0, 0.05) is 43.7 Å². The normalized spacial score (nSPS) is 15.0. The molecule has 5 aromatic rings. The van der Waals surface area contributed by atoms with Crippen molar-refractivity contribution in [2.75, 3.05) is 18.4 Å². The van der Waals surface area contributed by atoms with E-state index in [-0.39, 0.29) is 17.3 Å². The number of rotatable bonds is 7. The minimum absolute atomic E-state index is 0. The largest absolute Gasteiger partial charge is 0.412 e. The van der Waals surface area contributed by atoms with Crippen molar-refractivity contribution < 1.29 is 14.5 Å². The van der Waals surface area contributed by atoms with Crippen LogP contribution in [0.1, 0.15) is 46.1 Å². The monoisotopic (exact) mass is 558 g/mol. The van der Waals surface area contributed by atoms with E-state index in [1.165, 1.54) is 6.20 Å². The number of carbonyl (C=O) groups excluding carboxylic acids is 1. The number of amides is 1. The average Bonchev–Trinajstić information content (AvgIpc) is 3.59. The van der Waals surface area contributed by atoms with Crippen molar-refractivity contribution in [1.29, 1.82) is 0 Å². The fraction of sp³-hybridized carbons (Fsp3) is 0.250. The number of nitrogens with one attached hydrogen (secondary N) is 1. The summed E-state index contributed by atoms with van der Waals surface area (Å²) in [6, 6.07) is 17.4. The van der Waals surface area contributed by atoms with Crippen LogP contribution in [-0.2, 0) is 16.7 Å². The number of piperidine rings is 1. The maximum absolute atomic E-state index is 13.3. The molecule has 1 aliphatic heterocycles. The fourth-order valence-electron chi connectivity index (χ4n) is 4.80. The van der Waals surface area contributed by atoms with Crippen LogP contribution in [0.4, 0.5) is 5.82 Å². The van der Waals surface area contributed by atoms with Gasteiger partial charge in [0.25, 0.3) is 5.91 Å². The maximum atomic E-state index is 13.3. The number of benzene rings is 1. The lowest BCUT2D eigenvalue weighted by Crippen LogP contribution is -2.35. The third-order valence-electron chi connectivity index (χ3n) is 6.93. The summed E-state index contributed by atoms with van der Waals surface area (Å²) in [6.45, 7) is 3.44. The van der Waals surface area contributed by atoms with E-state index in [0.29, 0.717) is 35.9 Å². The van der Waals surface area contributed by atoms with Crippen molar-refractivity contribution in [1.82, 2.24) is 33.7 Å². The molecule has 206 valence electrons. The molecule has 0 bridgehead atoms. The molecular formula is C28H30N8O3S. The average molecular weight is 559 g/mol. The van der Waals surface area contributed by atoms with E-state index in [0.717, 1.165) is 35.5 Å². The Balaban J connectivity index is 0.00000323. The van der Waals surface area contributed by atoms with Gasteiger partial charge in [-0.1, -0.05) is 23.8 Å². The highest BCUT2D eigenvalue weighted by molar-refractivity contribution is 7.81. The second-order valence-corrected chi connectivity index (χ2v) is 11.0. The molecule has 11 nitrogen and oxygen atoms in total. The molecule has 5 heterocycles. The molecule has 0 saturated carbocycles. The number of fused-ring (bicyclic) bond motifs is 1. The van der Waals surface area contributed by atoms with E-state index in [9.17, 15) is 9.00 Å². The van der Waals surface area contributed by atoms with Crippen LogP contribution in [-0.4, -0.2) is 62.3 Å². The summed E-state index contributed by atoms with van der Waals surface area (Å²) in [7, 11) is -1.12. The summed E-state index contributed by atoms with van der Waals surface area (Å²) in [5, 5.41) is 12.2. The van der Waals surface area contributed by atoms with Crippen LogP contribution in [0, 0.1) is 6.92 Å². The molecule has 1 aliphatic rings. The van der Waals surface area contributed by atoms with Crippen LogP contribution in [0.25, 0.3) is 11.3 Å². The van der Waals surface area contributed by atoms with E-state index >= 15 is 0 Å². The molecule has 3 N–H and O–H groups in total. The first-order chi connectivity index (χ1) is 19.0. The van der Waals surface area contributed by atoms with Crippen LogP contribution < -0.4 is 5.32 Å². The molecule has 1 aromatic carbocycles. The molecule has 6 rings (SSSR count). The highest BCUT2D eigenvalue weighted by Crippen LogP contribution is 2.31. The molecule has 1 amide bonds. The molecule has 1 unspecified atom stereocenters. The van der Waals surface area contributed by atoms with Gasteiger partial charge in [-0.15, -0.1) is 0 Å². The first-order valence-corrected chi connectivity index (χ1v) is 14.1. The summed E-state index contributed by atoms with van der Waals surface area (Å²) >= 11 is 0. The summed E-state index contributed by atoms with van der Waals surface area (Å²) in [4.78, 5) is 21.9. The van der Waals surface area contributed by atoms with Crippen LogP contribution in [0.3, 0.4) is 0 Å². The quantitative estimate of drug-likeness (QED) is 0.325. The minimum Gasteiger partial charge on any atom is -0.412 e. The van der Waals surface area contributed by atoms with Crippen LogP contribution in [0.2, 0.25) is 0 Å². The van der Waals surface area contributed by atoms with E-state index < -0.39 is 11.0 Å². The van der Waals surface area contributed by atoms with Gasteiger partial charge in [-0.05, 0) is 50.1 Å². The smallest absolute Gasteiger partial charge is 0.262 e. The van der Waals surface area contributed by atoms with E-state index in [2.05, 4.69) is 20.4 Å². The van der Waals surface area contributed by atoms with Gasteiger partial charge in [-0.2, -0.15) is 10.2 Å². The maximum Gasteiger partial charge on any atom is 0.262 e. The van der Waals surface area contributed by atoms with Crippen molar-refractivity contribution in [3.8, 4) is 5.69 Å². The molecule has 0 radical (unpaired) electrons. The Labute approximate surface area is 233 Å². The number of pyridine rings is 1. The van der Waals surface area contributed by atoms with E-state index in [1.54, 1.807) is 33.9 Å². The first kappa shape index (κ1) is 27.3. The SMILES string of the molecule is Cc1ccc(-n2nc(C3CCN(S(=O)Cc4ccccn4)CC3)cc2NC(=O)c2cnn3cccnc23)cc1.O. The molecule has 0 aliphatic carbocycles. The van der Waals surface area contributed by atoms with E-state index in [4.69, 9.17) is 5.10 Å². The molecule has 1 atom stereocenters. The van der Waals surface area contributed by atoms with Gasteiger partial charge in [-0.25, -0.2) is 22.7 Å². The predicted octanol–water partition coefficient (Wildman–Crippen LogP) is 3.09. The Morgan fingerprint density at radius 3 is 2.58 bits per heavy atom. The summed E-state index contributed by atoms with van der Waals surface area (Å²) < 4.78 is 18.3. The number of anilines is 1. The lowest BCUT2D eigenvalue weighted by Gasteiger charge is -2.29.